The van der Waals surface area contributed by atoms with E-state index in [2.05, 4.69) is 4.74 Å². The highest BCUT2D eigenvalue weighted by molar-refractivity contribution is 5.82. The Balaban J connectivity index is 0.000000202. The number of hydrogen-bond acceptors (Lipinski definition) is 7. The number of ether oxygens (including phenoxy) is 3. The molecule has 4 rings (SSSR count). The first kappa shape index (κ1) is 26.6. The molecule has 0 fully saturated rings. The maximum absolute atomic E-state index is 12.8. The van der Waals surface area contributed by atoms with Gasteiger partial charge in [0.1, 0.15) is 22.7 Å². The van der Waals surface area contributed by atoms with Gasteiger partial charge in [0, 0.05) is 42.1 Å². The summed E-state index contributed by atoms with van der Waals surface area (Å²) >= 11 is 0. The zero-order valence-corrected chi connectivity index (χ0v) is 18.5. The zero-order chi connectivity index (χ0) is 26.7. The van der Waals surface area contributed by atoms with Crippen molar-refractivity contribution in [2.45, 2.75) is 12.4 Å². The molecule has 0 saturated carbocycles. The number of methoxy groups -OCH3 is 2. The van der Waals surface area contributed by atoms with Crippen LogP contribution in [-0.4, -0.2) is 21.0 Å². The van der Waals surface area contributed by atoms with Gasteiger partial charge in [-0.2, -0.15) is 26.3 Å². The normalized spacial score (nSPS) is 11.8. The third-order valence-electron chi connectivity index (χ3n) is 4.62. The Kier molecular flexibility index (Phi) is 7.62. The van der Waals surface area contributed by atoms with E-state index in [1.807, 2.05) is 0 Å². The van der Waals surface area contributed by atoms with E-state index in [1.165, 1.54) is 50.6 Å². The first-order valence-corrected chi connectivity index (χ1v) is 9.79. The second-order valence-electron chi connectivity index (χ2n) is 7.02. The summed E-state index contributed by atoms with van der Waals surface area (Å²) in [5.41, 5.74) is -4.48. The minimum Gasteiger partial charge on any atom is -0.497 e. The Labute approximate surface area is 197 Å². The van der Waals surface area contributed by atoms with E-state index in [9.17, 15) is 35.9 Å². The summed E-state index contributed by atoms with van der Waals surface area (Å²) in [7, 11) is 2.77. The maximum atomic E-state index is 12.8. The topological polar surface area (TPSA) is 88.1 Å². The van der Waals surface area contributed by atoms with Gasteiger partial charge in [-0.15, -0.1) is 0 Å². The lowest BCUT2D eigenvalue weighted by molar-refractivity contribution is -0.137. The summed E-state index contributed by atoms with van der Waals surface area (Å²) in [6.07, 6.45) is -9.22. The smallest absolute Gasteiger partial charge is 0.417 e. The van der Waals surface area contributed by atoms with Gasteiger partial charge in [0.05, 0.1) is 18.2 Å². The summed E-state index contributed by atoms with van der Waals surface area (Å²) < 4.78 is 100. The fourth-order valence-electron chi connectivity index (χ4n) is 3.10. The average Bonchev–Trinajstić information content (AvgIpc) is 2.80. The molecule has 0 aliphatic carbocycles. The van der Waals surface area contributed by atoms with Crippen LogP contribution in [0.1, 0.15) is 11.1 Å². The summed E-state index contributed by atoms with van der Waals surface area (Å²) in [6, 6.07) is 8.43. The van der Waals surface area contributed by atoms with E-state index in [1.54, 1.807) is 0 Å². The van der Waals surface area contributed by atoms with Crippen molar-refractivity contribution in [1.82, 2.24) is 0 Å². The summed E-state index contributed by atoms with van der Waals surface area (Å²) in [5, 5.41) is -0.366. The van der Waals surface area contributed by atoms with Crippen molar-refractivity contribution in [3.05, 3.63) is 80.5 Å². The molecule has 36 heavy (non-hydrogen) atoms. The lowest BCUT2D eigenvalue weighted by Gasteiger charge is -2.10. The number of hydrogen-bond donors (Lipinski definition) is 0. The van der Waals surface area contributed by atoms with E-state index in [0.717, 1.165) is 0 Å². The molecule has 0 unspecified atom stereocenters. The van der Waals surface area contributed by atoms with Crippen LogP contribution in [0.5, 0.6) is 11.5 Å². The van der Waals surface area contributed by atoms with E-state index < -0.39 is 34.7 Å². The Morgan fingerprint density at radius 3 is 1.56 bits per heavy atom. The van der Waals surface area contributed by atoms with Crippen molar-refractivity contribution < 1.29 is 49.4 Å². The molecule has 192 valence electrons. The first-order chi connectivity index (χ1) is 16.8. The first-order valence-electron chi connectivity index (χ1n) is 9.79. The van der Waals surface area contributed by atoms with Gasteiger partial charge < -0.3 is 23.0 Å². The van der Waals surface area contributed by atoms with Crippen molar-refractivity contribution in [2.24, 2.45) is 0 Å². The number of rotatable bonds is 4. The molecule has 7 nitrogen and oxygen atoms in total. The Morgan fingerprint density at radius 2 is 1.14 bits per heavy atom. The second kappa shape index (κ2) is 10.3. The van der Waals surface area contributed by atoms with Crippen molar-refractivity contribution >= 4 is 21.9 Å². The molecule has 2 aromatic carbocycles. The Morgan fingerprint density at radius 1 is 0.694 bits per heavy atom. The fraction of sp³-hybridized carbons (Fsp3) is 0.217. The second-order valence-corrected chi connectivity index (χ2v) is 7.02. The van der Waals surface area contributed by atoms with Crippen LogP contribution < -0.4 is 20.7 Å². The van der Waals surface area contributed by atoms with Gasteiger partial charge in [0.2, 0.25) is 0 Å². The van der Waals surface area contributed by atoms with Crippen molar-refractivity contribution in [2.75, 3.05) is 21.0 Å². The van der Waals surface area contributed by atoms with Gasteiger partial charge >= 0.3 is 23.6 Å². The van der Waals surface area contributed by atoms with E-state index in [0.29, 0.717) is 17.9 Å². The summed E-state index contributed by atoms with van der Waals surface area (Å²) in [6.45, 7) is -0.0608. The van der Waals surface area contributed by atoms with Crippen molar-refractivity contribution in [3.63, 3.8) is 0 Å². The van der Waals surface area contributed by atoms with Gasteiger partial charge in [-0.1, -0.05) is 0 Å². The van der Waals surface area contributed by atoms with E-state index in [4.69, 9.17) is 18.3 Å². The number of alkyl halides is 6. The van der Waals surface area contributed by atoms with Crippen molar-refractivity contribution in [3.8, 4) is 11.5 Å². The SMILES string of the molecule is COCOc1ccc2c(C(F)(F)F)cc(=O)oc2c1.COc1ccc2c(C(F)(F)F)cc(=O)oc2c1. The molecule has 0 spiro atoms. The minimum atomic E-state index is -4.62. The van der Waals surface area contributed by atoms with Crippen LogP contribution in [0.25, 0.3) is 21.9 Å². The quantitative estimate of drug-likeness (QED) is 0.197. The minimum absolute atomic E-state index is 0.0608. The summed E-state index contributed by atoms with van der Waals surface area (Å²) in [5.74, 6) is 0.566. The standard InChI is InChI=1S/C12H9F3O4.C11H7F3O3/c1-17-6-18-7-2-3-8-9(12(13,14)15)5-11(16)19-10(8)4-7;1-16-6-2-3-7-8(11(12,13)14)5-10(15)17-9(7)4-6/h2-5H,6H2,1H3;2-5H,1H3. The highest BCUT2D eigenvalue weighted by atomic mass is 19.4. The third-order valence-corrected chi connectivity index (χ3v) is 4.62. The fourth-order valence-corrected chi connectivity index (χ4v) is 3.10. The molecule has 2 heterocycles. The molecule has 0 saturated heterocycles. The van der Waals surface area contributed by atoms with Gasteiger partial charge in [0.25, 0.3) is 0 Å². The van der Waals surface area contributed by atoms with E-state index >= 15 is 0 Å². The van der Waals surface area contributed by atoms with Gasteiger partial charge in [0.15, 0.2) is 6.79 Å². The molecule has 0 aliphatic rings. The van der Waals surface area contributed by atoms with Crippen LogP contribution in [0.2, 0.25) is 0 Å². The van der Waals surface area contributed by atoms with Gasteiger partial charge in [-0.05, 0) is 24.3 Å². The molecule has 4 aromatic rings. The molecule has 0 amide bonds. The molecule has 0 aliphatic heterocycles. The predicted octanol–water partition coefficient (Wildman–Crippen LogP) is 5.61. The molecule has 13 heteroatoms. The van der Waals surface area contributed by atoms with Crippen LogP contribution in [0, 0.1) is 0 Å². The molecule has 2 aromatic heterocycles. The summed E-state index contributed by atoms with van der Waals surface area (Å²) in [4.78, 5) is 22.2. The zero-order valence-electron chi connectivity index (χ0n) is 18.5. The van der Waals surface area contributed by atoms with Crippen molar-refractivity contribution in [1.29, 1.82) is 0 Å². The molecular formula is C23H16F6O7. The number of halogens is 6. The lowest BCUT2D eigenvalue weighted by atomic mass is 10.1. The third kappa shape index (κ3) is 6.16. The van der Waals surface area contributed by atoms with Crippen LogP contribution in [0.4, 0.5) is 26.3 Å². The van der Waals surface area contributed by atoms with Gasteiger partial charge in [-0.25, -0.2) is 9.59 Å². The number of benzene rings is 2. The lowest BCUT2D eigenvalue weighted by Crippen LogP contribution is -2.11. The number of fused-ring (bicyclic) bond motifs is 2. The predicted molar refractivity (Wildman–Crippen MR) is 114 cm³/mol. The van der Waals surface area contributed by atoms with Crippen LogP contribution in [0.3, 0.4) is 0 Å². The Hall–Kier alpha value is -4.00. The van der Waals surface area contributed by atoms with Crippen LogP contribution >= 0.6 is 0 Å². The average molecular weight is 518 g/mol. The molecule has 0 bridgehead atoms. The molecular weight excluding hydrogens is 502 g/mol. The molecule has 0 N–H and O–H groups in total. The maximum Gasteiger partial charge on any atom is 0.417 e. The Bertz CT molecular complexity index is 1490. The van der Waals surface area contributed by atoms with Gasteiger partial charge in [-0.3, -0.25) is 0 Å². The largest absolute Gasteiger partial charge is 0.497 e. The highest BCUT2D eigenvalue weighted by Gasteiger charge is 2.34. The van der Waals surface area contributed by atoms with E-state index in [-0.39, 0.29) is 34.5 Å². The van der Waals surface area contributed by atoms with Crippen LogP contribution in [0.15, 0.2) is 67.0 Å². The highest BCUT2D eigenvalue weighted by Crippen LogP contribution is 2.35. The monoisotopic (exact) mass is 518 g/mol. The molecule has 0 radical (unpaired) electrons. The van der Waals surface area contributed by atoms with Crippen LogP contribution in [-0.2, 0) is 17.1 Å². The molecule has 0 atom stereocenters.